The molecule has 1 aromatic carbocycles. The molecular formula is C31H35F3N6O2. The molecular weight excluding hydrogens is 545 g/mol. The molecule has 1 saturated carbocycles. The monoisotopic (exact) mass is 580 g/mol. The molecule has 2 aliphatic rings. The van der Waals surface area contributed by atoms with Crippen molar-refractivity contribution in [2.24, 2.45) is 18.9 Å². The molecule has 1 unspecified atom stereocenters. The van der Waals surface area contributed by atoms with E-state index in [1.54, 1.807) is 12.4 Å². The smallest absolute Gasteiger partial charge is 0.394 e. The standard InChI is InChI=1S/C31H35F3N6O2/c1-19-6-5-9-39(15-19)26(17-41)22-11-25(31(32,33)34)27-35-14-24(28(42)40(27)16-22)21-7-4-8-23(10-21)30(12-20(2)13-30)29-37-36-18-38(29)3/h4,7-8,10-11,14,16,18-20,26,41H,5-6,9,12-13,15,17H2,1-3H3/t19-,20?,26?,30?/m0/s1. The van der Waals surface area contributed by atoms with E-state index in [4.69, 9.17) is 0 Å². The van der Waals surface area contributed by atoms with Crippen molar-refractivity contribution in [3.8, 4) is 11.1 Å². The number of hydrogen-bond acceptors (Lipinski definition) is 6. The SMILES string of the molecule is CC1CC(c2cccc(-c3cnc4c(C(F)(F)F)cc(C(CO)N5CCC[C@H](C)C5)cn4c3=O)c2)(c2nncn2C)C1. The number of rotatable bonds is 6. The van der Waals surface area contributed by atoms with Crippen molar-refractivity contribution < 1.29 is 18.3 Å². The van der Waals surface area contributed by atoms with Crippen molar-refractivity contribution in [3.05, 3.63) is 81.9 Å². The largest absolute Gasteiger partial charge is 0.419 e. The molecule has 11 heteroatoms. The summed E-state index contributed by atoms with van der Waals surface area (Å²) in [6.07, 6.45) is 3.25. The van der Waals surface area contributed by atoms with E-state index in [2.05, 4.69) is 29.0 Å². The molecule has 2 fully saturated rings. The third-order valence-electron chi connectivity index (χ3n) is 9.08. The number of aliphatic hydroxyl groups excluding tert-OH is 1. The molecule has 1 aliphatic carbocycles. The van der Waals surface area contributed by atoms with Crippen LogP contribution in [-0.2, 0) is 18.6 Å². The van der Waals surface area contributed by atoms with Gasteiger partial charge in [-0.3, -0.25) is 14.1 Å². The Kier molecular flexibility index (Phi) is 7.21. The topological polar surface area (TPSA) is 88.6 Å². The first-order chi connectivity index (χ1) is 20.0. The van der Waals surface area contributed by atoms with Crippen LogP contribution < -0.4 is 5.56 Å². The van der Waals surface area contributed by atoms with Gasteiger partial charge in [-0.25, -0.2) is 4.98 Å². The van der Waals surface area contributed by atoms with E-state index < -0.39 is 29.0 Å². The fourth-order valence-corrected chi connectivity index (χ4v) is 7.11. The van der Waals surface area contributed by atoms with E-state index in [0.29, 0.717) is 30.5 Å². The van der Waals surface area contributed by atoms with Gasteiger partial charge in [0.1, 0.15) is 12.2 Å². The summed E-state index contributed by atoms with van der Waals surface area (Å²) in [5, 5.41) is 18.8. The predicted molar refractivity (Wildman–Crippen MR) is 152 cm³/mol. The Morgan fingerprint density at radius 3 is 2.60 bits per heavy atom. The first kappa shape index (κ1) is 28.5. The lowest BCUT2D eigenvalue weighted by molar-refractivity contribution is -0.136. The summed E-state index contributed by atoms with van der Waals surface area (Å²) in [5.41, 5.74) is -0.418. The van der Waals surface area contributed by atoms with Gasteiger partial charge in [-0.2, -0.15) is 13.2 Å². The van der Waals surface area contributed by atoms with Crippen LogP contribution in [-0.4, -0.2) is 53.9 Å². The maximum absolute atomic E-state index is 14.3. The summed E-state index contributed by atoms with van der Waals surface area (Å²) >= 11 is 0. The van der Waals surface area contributed by atoms with Crippen LogP contribution in [0.25, 0.3) is 16.8 Å². The third kappa shape index (κ3) is 4.82. The van der Waals surface area contributed by atoms with Crippen molar-refractivity contribution in [2.75, 3.05) is 19.7 Å². The lowest BCUT2D eigenvalue weighted by Gasteiger charge is -2.46. The number of aryl methyl sites for hydroxylation is 1. The number of fused-ring (bicyclic) bond motifs is 1. The Morgan fingerprint density at radius 2 is 1.95 bits per heavy atom. The Labute approximate surface area is 241 Å². The summed E-state index contributed by atoms with van der Waals surface area (Å²) in [5.74, 6) is 1.69. The highest BCUT2D eigenvalue weighted by atomic mass is 19.4. The zero-order valence-corrected chi connectivity index (χ0v) is 24.0. The van der Waals surface area contributed by atoms with Crippen molar-refractivity contribution in [1.82, 2.24) is 29.0 Å². The molecule has 1 aliphatic heterocycles. The molecule has 4 heterocycles. The average Bonchev–Trinajstić information content (AvgIpc) is 3.37. The van der Waals surface area contributed by atoms with Gasteiger partial charge in [-0.05, 0) is 72.9 Å². The molecule has 0 amide bonds. The molecule has 1 saturated heterocycles. The molecule has 0 bridgehead atoms. The van der Waals surface area contributed by atoms with E-state index in [1.165, 1.54) is 12.4 Å². The van der Waals surface area contributed by atoms with E-state index in [1.807, 2.05) is 34.7 Å². The normalized spacial score (nSPS) is 24.1. The molecule has 1 N–H and O–H groups in total. The van der Waals surface area contributed by atoms with Crippen molar-refractivity contribution in [2.45, 2.75) is 57.2 Å². The average molecular weight is 581 g/mol. The first-order valence-corrected chi connectivity index (χ1v) is 14.4. The molecule has 42 heavy (non-hydrogen) atoms. The fourth-order valence-electron chi connectivity index (χ4n) is 7.11. The van der Waals surface area contributed by atoms with Crippen LogP contribution in [0.15, 0.2) is 53.8 Å². The van der Waals surface area contributed by atoms with E-state index in [9.17, 15) is 23.1 Å². The first-order valence-electron chi connectivity index (χ1n) is 14.4. The lowest BCUT2D eigenvalue weighted by atomic mass is 9.58. The second kappa shape index (κ2) is 10.6. The Balaban J connectivity index is 1.48. The van der Waals surface area contributed by atoms with Gasteiger partial charge in [-0.1, -0.05) is 32.0 Å². The van der Waals surface area contributed by atoms with Crippen LogP contribution in [0.3, 0.4) is 0 Å². The van der Waals surface area contributed by atoms with Crippen LogP contribution in [0.4, 0.5) is 13.2 Å². The lowest BCUT2D eigenvalue weighted by Crippen LogP contribution is -2.43. The number of aromatic nitrogens is 5. The summed E-state index contributed by atoms with van der Waals surface area (Å²) < 4.78 is 45.8. The van der Waals surface area contributed by atoms with Gasteiger partial charge in [0.2, 0.25) is 0 Å². The minimum absolute atomic E-state index is 0.201. The van der Waals surface area contributed by atoms with E-state index in [0.717, 1.165) is 47.5 Å². The van der Waals surface area contributed by atoms with E-state index in [-0.39, 0.29) is 23.1 Å². The zero-order chi connectivity index (χ0) is 29.8. The Hall–Kier alpha value is -3.57. The summed E-state index contributed by atoms with van der Waals surface area (Å²) in [6.45, 7) is 5.24. The highest BCUT2D eigenvalue weighted by molar-refractivity contribution is 5.66. The number of likely N-dealkylation sites (tertiary alicyclic amines) is 1. The molecule has 2 atom stereocenters. The number of hydrogen-bond donors (Lipinski definition) is 1. The Morgan fingerprint density at radius 1 is 1.17 bits per heavy atom. The van der Waals surface area contributed by atoms with Gasteiger partial charge in [0.15, 0.2) is 5.65 Å². The number of piperidine rings is 1. The number of pyridine rings is 1. The van der Waals surface area contributed by atoms with Crippen molar-refractivity contribution >= 4 is 5.65 Å². The molecule has 0 radical (unpaired) electrons. The maximum Gasteiger partial charge on any atom is 0.419 e. The van der Waals surface area contributed by atoms with Gasteiger partial charge in [0.05, 0.1) is 29.2 Å². The summed E-state index contributed by atoms with van der Waals surface area (Å²) in [6, 6.07) is 7.93. The quantitative estimate of drug-likeness (QED) is 0.346. The van der Waals surface area contributed by atoms with Crippen LogP contribution in [0.2, 0.25) is 0 Å². The van der Waals surface area contributed by atoms with Gasteiger partial charge in [-0.15, -0.1) is 10.2 Å². The van der Waals surface area contributed by atoms with Crippen molar-refractivity contribution in [3.63, 3.8) is 0 Å². The van der Waals surface area contributed by atoms with Gasteiger partial charge in [0, 0.05) is 26.0 Å². The van der Waals surface area contributed by atoms with Crippen LogP contribution in [0, 0.1) is 11.8 Å². The van der Waals surface area contributed by atoms with Crippen LogP contribution >= 0.6 is 0 Å². The highest BCUT2D eigenvalue weighted by Crippen LogP contribution is 2.51. The minimum Gasteiger partial charge on any atom is -0.394 e. The number of halogens is 3. The van der Waals surface area contributed by atoms with Gasteiger partial charge >= 0.3 is 6.18 Å². The van der Waals surface area contributed by atoms with E-state index >= 15 is 0 Å². The number of nitrogens with zero attached hydrogens (tertiary/aromatic N) is 6. The van der Waals surface area contributed by atoms with Gasteiger partial charge < -0.3 is 9.67 Å². The van der Waals surface area contributed by atoms with Crippen molar-refractivity contribution in [1.29, 1.82) is 0 Å². The highest BCUT2D eigenvalue weighted by Gasteiger charge is 2.48. The molecule has 8 nitrogen and oxygen atoms in total. The fraction of sp³-hybridized carbons (Fsp3) is 0.484. The summed E-state index contributed by atoms with van der Waals surface area (Å²) in [4.78, 5) is 20.1. The molecule has 6 rings (SSSR count). The predicted octanol–water partition coefficient (Wildman–Crippen LogP) is 4.99. The summed E-state index contributed by atoms with van der Waals surface area (Å²) in [7, 11) is 1.91. The number of benzene rings is 1. The number of alkyl halides is 3. The number of aliphatic hydroxyl groups is 1. The molecule has 222 valence electrons. The maximum atomic E-state index is 14.3. The molecule has 3 aromatic heterocycles. The van der Waals surface area contributed by atoms with Crippen LogP contribution in [0.5, 0.6) is 0 Å². The molecule has 4 aromatic rings. The zero-order valence-electron chi connectivity index (χ0n) is 24.0. The second-order valence-corrected chi connectivity index (χ2v) is 12.2. The minimum atomic E-state index is -4.74. The molecule has 0 spiro atoms. The van der Waals surface area contributed by atoms with Crippen LogP contribution in [0.1, 0.15) is 68.1 Å². The second-order valence-electron chi connectivity index (χ2n) is 12.2. The third-order valence-corrected chi connectivity index (χ3v) is 9.08. The van der Waals surface area contributed by atoms with Gasteiger partial charge in [0.25, 0.3) is 5.56 Å². The Bertz CT molecular complexity index is 1670.